The van der Waals surface area contributed by atoms with Crippen molar-refractivity contribution in [1.29, 1.82) is 0 Å². The average Bonchev–Trinajstić information content (AvgIpc) is 3.14. The van der Waals surface area contributed by atoms with E-state index in [2.05, 4.69) is 20.8 Å². The summed E-state index contributed by atoms with van der Waals surface area (Å²) in [5.74, 6) is -2.87. The van der Waals surface area contributed by atoms with Gasteiger partial charge in [-0.15, -0.1) is 0 Å². The molecule has 3 aromatic rings. The topological polar surface area (TPSA) is 75.3 Å². The van der Waals surface area contributed by atoms with Crippen LogP contribution in [0.5, 0.6) is 5.75 Å². The van der Waals surface area contributed by atoms with Gasteiger partial charge in [0.05, 0.1) is 37.2 Å². The zero-order valence-electron chi connectivity index (χ0n) is 20.3. The van der Waals surface area contributed by atoms with Crippen LogP contribution in [0.4, 0.5) is 8.78 Å². The fraction of sp³-hybridized carbons (Fsp3) is 0.500. The zero-order chi connectivity index (χ0) is 25.1. The molecule has 0 amide bonds. The zero-order valence-corrected chi connectivity index (χ0v) is 20.3. The van der Waals surface area contributed by atoms with Crippen molar-refractivity contribution in [2.45, 2.75) is 59.0 Å². The summed E-state index contributed by atoms with van der Waals surface area (Å²) in [6, 6.07) is 6.91. The van der Waals surface area contributed by atoms with Gasteiger partial charge in [0, 0.05) is 36.4 Å². The standard InChI is InChI=1S/C26H29F2N3O4/c1-5-34-24(33)17-12-30-18(9-19(17)32)23-16-7-6-8-20(35-14-15-10-26(27,28)11-15)22(16)29-31(23)13-21(30)25(2,3)4/h6-9,12,15,21H,5,10-11,13-14H2,1-4H3. The minimum atomic E-state index is -2.59. The van der Waals surface area contributed by atoms with E-state index >= 15 is 0 Å². The summed E-state index contributed by atoms with van der Waals surface area (Å²) in [5.41, 5.74) is 1.42. The number of carbonyl (C=O) groups excluding carboxylic acids is 1. The van der Waals surface area contributed by atoms with Gasteiger partial charge in [-0.05, 0) is 18.4 Å². The molecular weight excluding hydrogens is 456 g/mol. The highest BCUT2D eigenvalue weighted by atomic mass is 19.3. The fourth-order valence-corrected chi connectivity index (χ4v) is 5.06. The number of aromatic nitrogens is 3. The second-order valence-electron chi connectivity index (χ2n) is 10.6. The van der Waals surface area contributed by atoms with Crippen LogP contribution in [0.2, 0.25) is 0 Å². The third kappa shape index (κ3) is 4.10. The lowest BCUT2D eigenvalue weighted by atomic mass is 9.82. The van der Waals surface area contributed by atoms with Gasteiger partial charge in [0.2, 0.25) is 5.92 Å². The van der Waals surface area contributed by atoms with Gasteiger partial charge in [-0.3, -0.25) is 9.48 Å². The number of carbonyl (C=O) groups is 1. The molecule has 0 spiro atoms. The second kappa shape index (κ2) is 8.17. The van der Waals surface area contributed by atoms with E-state index in [1.807, 2.05) is 21.4 Å². The highest BCUT2D eigenvalue weighted by Gasteiger charge is 2.45. The van der Waals surface area contributed by atoms with Crippen LogP contribution in [0.25, 0.3) is 22.3 Å². The number of ether oxygens (including phenoxy) is 2. The first-order chi connectivity index (χ1) is 16.5. The van der Waals surface area contributed by atoms with Gasteiger partial charge >= 0.3 is 5.97 Å². The maximum absolute atomic E-state index is 13.2. The third-order valence-corrected chi connectivity index (χ3v) is 6.88. The number of esters is 1. The largest absolute Gasteiger partial charge is 0.491 e. The van der Waals surface area contributed by atoms with E-state index in [4.69, 9.17) is 14.6 Å². The third-order valence-electron chi connectivity index (χ3n) is 6.88. The van der Waals surface area contributed by atoms with Crippen molar-refractivity contribution in [2.75, 3.05) is 13.2 Å². The first kappa shape index (κ1) is 23.5. The van der Waals surface area contributed by atoms with Crippen LogP contribution in [-0.2, 0) is 11.3 Å². The predicted molar refractivity (Wildman–Crippen MR) is 127 cm³/mol. The molecule has 1 fully saturated rings. The Morgan fingerprint density at radius 2 is 2.00 bits per heavy atom. The van der Waals surface area contributed by atoms with Crippen molar-refractivity contribution in [1.82, 2.24) is 14.3 Å². The molecule has 1 aliphatic heterocycles. The first-order valence-corrected chi connectivity index (χ1v) is 11.9. The minimum Gasteiger partial charge on any atom is -0.491 e. The number of rotatable bonds is 5. The maximum Gasteiger partial charge on any atom is 0.343 e. The Bertz CT molecular complexity index is 1360. The van der Waals surface area contributed by atoms with Crippen LogP contribution < -0.4 is 10.2 Å². The quantitative estimate of drug-likeness (QED) is 0.472. The van der Waals surface area contributed by atoms with Gasteiger partial charge in [0.25, 0.3) is 0 Å². The number of alkyl halides is 2. The molecule has 2 aliphatic rings. The van der Waals surface area contributed by atoms with Gasteiger partial charge in [-0.2, -0.15) is 5.10 Å². The molecule has 0 saturated heterocycles. The van der Waals surface area contributed by atoms with Crippen molar-refractivity contribution in [3.05, 3.63) is 46.2 Å². The average molecular weight is 486 g/mol. The second-order valence-corrected chi connectivity index (χ2v) is 10.6. The molecule has 2 aromatic heterocycles. The summed E-state index contributed by atoms with van der Waals surface area (Å²) in [6.45, 7) is 8.91. The molecule has 3 heterocycles. The van der Waals surface area contributed by atoms with Crippen LogP contribution in [0.1, 0.15) is 56.9 Å². The molecule has 186 valence electrons. The van der Waals surface area contributed by atoms with Gasteiger partial charge in [-0.25, -0.2) is 13.6 Å². The SMILES string of the molecule is CCOC(=O)c1cn2c(cc1=O)-c1c3cccc(OCC4CC(F)(F)C4)c3nn1CC2C(C)(C)C. The normalized spacial score (nSPS) is 19.1. The van der Waals surface area contributed by atoms with E-state index in [-0.39, 0.29) is 49.0 Å². The lowest BCUT2D eigenvalue weighted by Crippen LogP contribution is -2.38. The maximum atomic E-state index is 13.2. The van der Waals surface area contributed by atoms with Crippen LogP contribution in [-0.4, -0.2) is 39.5 Å². The predicted octanol–water partition coefficient (Wildman–Crippen LogP) is 5.07. The molecular formula is C26H29F2N3O4. The van der Waals surface area contributed by atoms with Gasteiger partial charge in [0.1, 0.15) is 16.8 Å². The number of pyridine rings is 1. The summed E-state index contributed by atoms with van der Waals surface area (Å²) in [5, 5.41) is 5.62. The minimum absolute atomic E-state index is 0.00319. The highest BCUT2D eigenvalue weighted by molar-refractivity contribution is 5.97. The Balaban J connectivity index is 1.60. The Labute approximate surface area is 201 Å². The van der Waals surface area contributed by atoms with Crippen LogP contribution >= 0.6 is 0 Å². The smallest absolute Gasteiger partial charge is 0.343 e. The molecule has 1 aromatic carbocycles. The van der Waals surface area contributed by atoms with Crippen molar-refractivity contribution >= 4 is 16.9 Å². The fourth-order valence-electron chi connectivity index (χ4n) is 5.06. The van der Waals surface area contributed by atoms with Crippen LogP contribution in [0.3, 0.4) is 0 Å². The van der Waals surface area contributed by atoms with Crippen molar-refractivity contribution < 1.29 is 23.0 Å². The molecule has 0 bridgehead atoms. The summed E-state index contributed by atoms with van der Waals surface area (Å²) in [6.07, 6.45) is 1.29. The van der Waals surface area contributed by atoms with Crippen LogP contribution in [0.15, 0.2) is 35.3 Å². The van der Waals surface area contributed by atoms with Crippen molar-refractivity contribution in [3.63, 3.8) is 0 Å². The van der Waals surface area contributed by atoms with Gasteiger partial charge in [0.15, 0.2) is 5.43 Å². The number of halogens is 2. The summed E-state index contributed by atoms with van der Waals surface area (Å²) < 4.78 is 41.3. The van der Waals surface area contributed by atoms with E-state index < -0.39 is 17.3 Å². The highest BCUT2D eigenvalue weighted by Crippen LogP contribution is 2.44. The van der Waals surface area contributed by atoms with E-state index in [9.17, 15) is 18.4 Å². The molecule has 35 heavy (non-hydrogen) atoms. The summed E-state index contributed by atoms with van der Waals surface area (Å²) >= 11 is 0. The van der Waals surface area contributed by atoms with Gasteiger partial charge in [-0.1, -0.05) is 32.9 Å². The Hall–Kier alpha value is -3.23. The van der Waals surface area contributed by atoms with Crippen molar-refractivity contribution in [2.24, 2.45) is 11.3 Å². The molecule has 1 aliphatic carbocycles. The molecule has 1 saturated carbocycles. The van der Waals surface area contributed by atoms with Gasteiger partial charge < -0.3 is 14.0 Å². The van der Waals surface area contributed by atoms with Crippen molar-refractivity contribution in [3.8, 4) is 17.1 Å². The summed E-state index contributed by atoms with van der Waals surface area (Å²) in [4.78, 5) is 25.4. The Morgan fingerprint density at radius 3 is 2.66 bits per heavy atom. The number of fused-ring (bicyclic) bond motifs is 5. The molecule has 0 N–H and O–H groups in total. The number of hydrogen-bond acceptors (Lipinski definition) is 5. The van der Waals surface area contributed by atoms with E-state index in [1.165, 1.54) is 6.07 Å². The lowest BCUT2D eigenvalue weighted by molar-refractivity contribution is -0.118. The van der Waals surface area contributed by atoms with Crippen LogP contribution in [0, 0.1) is 11.3 Å². The molecule has 1 atom stereocenters. The Morgan fingerprint density at radius 1 is 1.26 bits per heavy atom. The Kier molecular flexibility index (Phi) is 5.49. The lowest BCUT2D eigenvalue weighted by Gasteiger charge is -2.38. The van der Waals surface area contributed by atoms with E-state index in [0.29, 0.717) is 23.5 Å². The number of hydrogen-bond donors (Lipinski definition) is 0. The summed E-state index contributed by atoms with van der Waals surface area (Å²) in [7, 11) is 0. The molecule has 9 heteroatoms. The molecule has 7 nitrogen and oxygen atoms in total. The molecule has 1 unspecified atom stereocenters. The molecule has 0 radical (unpaired) electrons. The number of benzene rings is 1. The molecule has 5 rings (SSSR count). The monoisotopic (exact) mass is 485 g/mol. The van der Waals surface area contributed by atoms with E-state index in [0.717, 1.165) is 11.1 Å². The van der Waals surface area contributed by atoms with E-state index in [1.54, 1.807) is 19.2 Å². The number of nitrogens with zero attached hydrogens (tertiary/aromatic N) is 3. The first-order valence-electron chi connectivity index (χ1n) is 11.9.